The Hall–Kier alpha value is -0.860. The molecule has 2 fully saturated rings. The number of anilines is 2. The van der Waals surface area contributed by atoms with Crippen molar-refractivity contribution >= 4 is 32.2 Å². The number of rotatable bonds is 3. The number of morpholine rings is 1. The van der Waals surface area contributed by atoms with Crippen LogP contribution >= 0.6 is 11.5 Å². The molecule has 20 heavy (non-hydrogen) atoms. The van der Waals surface area contributed by atoms with Crippen molar-refractivity contribution in [2.45, 2.75) is 49.0 Å². The summed E-state index contributed by atoms with van der Waals surface area (Å²) in [6, 6.07) is 0. The molecule has 2 N–H and O–H groups in total. The minimum absolute atomic E-state index is 0.0681. The summed E-state index contributed by atoms with van der Waals surface area (Å²) >= 11 is 1.18. The van der Waals surface area contributed by atoms with Crippen molar-refractivity contribution in [2.24, 2.45) is 0 Å². The Bertz CT molecular complexity index is 599. The lowest BCUT2D eigenvalue weighted by molar-refractivity contribution is -0.00514. The second kappa shape index (κ2) is 4.85. The van der Waals surface area contributed by atoms with Gasteiger partial charge in [-0.3, -0.25) is 0 Å². The van der Waals surface area contributed by atoms with Crippen LogP contribution in [-0.4, -0.2) is 43.3 Å². The molecule has 0 unspecified atom stereocenters. The Morgan fingerprint density at radius 3 is 2.45 bits per heavy atom. The first-order valence-corrected chi connectivity index (χ1v) is 9.11. The third-order valence-corrected chi connectivity index (χ3v) is 6.98. The third-order valence-electron chi connectivity index (χ3n) is 3.61. The van der Waals surface area contributed by atoms with E-state index in [2.05, 4.69) is 4.37 Å². The monoisotopic (exact) mass is 317 g/mol. The highest BCUT2D eigenvalue weighted by molar-refractivity contribution is 7.92. The van der Waals surface area contributed by atoms with Crippen LogP contribution in [-0.2, 0) is 14.6 Å². The molecule has 0 spiro atoms. The second-order valence-electron chi connectivity index (χ2n) is 5.61. The lowest BCUT2D eigenvalue weighted by Gasteiger charge is -2.36. The second-order valence-corrected chi connectivity index (χ2v) is 8.53. The molecule has 1 aromatic heterocycles. The van der Waals surface area contributed by atoms with Gasteiger partial charge in [0, 0.05) is 13.1 Å². The Kier molecular flexibility index (Phi) is 3.42. The summed E-state index contributed by atoms with van der Waals surface area (Å²) < 4.78 is 34.8. The van der Waals surface area contributed by atoms with Crippen LogP contribution in [0.15, 0.2) is 4.90 Å². The van der Waals surface area contributed by atoms with E-state index in [1.807, 2.05) is 18.7 Å². The number of nitrogens with zero attached hydrogens (tertiary/aromatic N) is 2. The Morgan fingerprint density at radius 1 is 1.30 bits per heavy atom. The molecule has 2 heterocycles. The summed E-state index contributed by atoms with van der Waals surface area (Å²) in [5.74, 6) is 0.142. The number of aromatic nitrogens is 1. The molecule has 0 radical (unpaired) electrons. The van der Waals surface area contributed by atoms with Crippen molar-refractivity contribution in [1.29, 1.82) is 0 Å². The zero-order valence-corrected chi connectivity index (χ0v) is 13.2. The molecule has 6 nitrogen and oxygen atoms in total. The largest absolute Gasteiger partial charge is 0.382 e. The number of hydrogen-bond acceptors (Lipinski definition) is 7. The van der Waals surface area contributed by atoms with Gasteiger partial charge in [-0.15, -0.1) is 0 Å². The fraction of sp³-hybridized carbons (Fsp3) is 0.750. The van der Waals surface area contributed by atoms with Crippen molar-refractivity contribution in [2.75, 3.05) is 23.7 Å². The average Bonchev–Trinajstić information content (AvgIpc) is 3.12. The molecule has 2 aliphatic rings. The van der Waals surface area contributed by atoms with Gasteiger partial charge < -0.3 is 15.4 Å². The van der Waals surface area contributed by atoms with Crippen molar-refractivity contribution in [1.82, 2.24) is 4.37 Å². The summed E-state index contributed by atoms with van der Waals surface area (Å²) in [7, 11) is -3.33. The summed E-state index contributed by atoms with van der Waals surface area (Å²) in [5, 5.41) is 0.409. The van der Waals surface area contributed by atoms with Crippen LogP contribution in [0.2, 0.25) is 0 Å². The van der Waals surface area contributed by atoms with Gasteiger partial charge in [-0.05, 0) is 38.2 Å². The molecule has 1 aliphatic carbocycles. The number of hydrogen-bond donors (Lipinski definition) is 1. The van der Waals surface area contributed by atoms with Crippen molar-refractivity contribution in [3.05, 3.63) is 0 Å². The molecule has 112 valence electrons. The zero-order valence-electron chi connectivity index (χ0n) is 11.6. The lowest BCUT2D eigenvalue weighted by atomic mass is 10.2. The van der Waals surface area contributed by atoms with Gasteiger partial charge in [0.25, 0.3) is 0 Å². The molecular formula is C12H19N3O3S2. The maximum atomic E-state index is 12.5. The van der Waals surface area contributed by atoms with Gasteiger partial charge >= 0.3 is 0 Å². The van der Waals surface area contributed by atoms with E-state index in [4.69, 9.17) is 10.5 Å². The predicted molar refractivity (Wildman–Crippen MR) is 79.0 cm³/mol. The normalized spacial score (nSPS) is 27.8. The summed E-state index contributed by atoms with van der Waals surface area (Å²) in [6.45, 7) is 5.31. The minimum Gasteiger partial charge on any atom is -0.382 e. The third kappa shape index (κ3) is 2.40. The summed E-state index contributed by atoms with van der Waals surface area (Å²) in [4.78, 5) is 2.29. The molecule has 0 amide bonds. The fourth-order valence-corrected chi connectivity index (χ4v) is 5.69. The van der Waals surface area contributed by atoms with Gasteiger partial charge in [-0.25, -0.2) is 8.42 Å². The highest BCUT2D eigenvalue weighted by atomic mass is 32.2. The number of nitrogen functional groups attached to an aromatic ring is 1. The molecule has 0 aromatic carbocycles. The van der Waals surface area contributed by atoms with Gasteiger partial charge in [0.1, 0.15) is 9.90 Å². The molecular weight excluding hydrogens is 298 g/mol. The smallest absolute Gasteiger partial charge is 0.187 e. The molecule has 1 aliphatic heterocycles. The van der Waals surface area contributed by atoms with E-state index < -0.39 is 9.84 Å². The van der Waals surface area contributed by atoms with Gasteiger partial charge in [0.05, 0.1) is 17.5 Å². The molecule has 2 atom stereocenters. The fourth-order valence-electron chi connectivity index (χ4n) is 2.64. The van der Waals surface area contributed by atoms with Crippen molar-refractivity contribution in [3.8, 4) is 0 Å². The van der Waals surface area contributed by atoms with Crippen LogP contribution in [0.3, 0.4) is 0 Å². The summed E-state index contributed by atoms with van der Waals surface area (Å²) in [5.41, 5.74) is 5.83. The van der Waals surface area contributed by atoms with E-state index in [1.165, 1.54) is 11.5 Å². The van der Waals surface area contributed by atoms with E-state index in [0.717, 1.165) is 12.8 Å². The Balaban J connectivity index is 1.98. The van der Waals surface area contributed by atoms with Crippen LogP contribution in [0.1, 0.15) is 26.7 Å². The van der Waals surface area contributed by atoms with Gasteiger partial charge in [-0.1, -0.05) is 0 Å². The SMILES string of the molecule is C[C@@H]1CN(c2snc(N)c2S(=O)(=O)C2CC2)C[C@H](C)O1. The first-order chi connectivity index (χ1) is 9.39. The van der Waals surface area contributed by atoms with E-state index in [-0.39, 0.29) is 28.2 Å². The maximum Gasteiger partial charge on any atom is 0.187 e. The van der Waals surface area contributed by atoms with Crippen molar-refractivity contribution in [3.63, 3.8) is 0 Å². The van der Waals surface area contributed by atoms with Gasteiger partial charge in [0.15, 0.2) is 15.7 Å². The van der Waals surface area contributed by atoms with Crippen molar-refractivity contribution < 1.29 is 13.2 Å². The molecule has 1 saturated carbocycles. The minimum atomic E-state index is -3.33. The predicted octanol–water partition coefficient (Wildman–Crippen LogP) is 1.28. The van der Waals surface area contributed by atoms with E-state index >= 15 is 0 Å². The quantitative estimate of drug-likeness (QED) is 0.904. The topological polar surface area (TPSA) is 85.5 Å². The van der Waals surface area contributed by atoms with Gasteiger partial charge in [-0.2, -0.15) is 4.37 Å². The first kappa shape index (κ1) is 14.1. The number of ether oxygens (including phenoxy) is 1. The zero-order chi connectivity index (χ0) is 14.5. The molecule has 1 saturated heterocycles. The van der Waals surface area contributed by atoms with Gasteiger partial charge in [0.2, 0.25) is 0 Å². The van der Waals surface area contributed by atoms with Crippen LogP contribution in [0.25, 0.3) is 0 Å². The van der Waals surface area contributed by atoms with E-state index in [0.29, 0.717) is 18.1 Å². The molecule has 1 aromatic rings. The van der Waals surface area contributed by atoms with Crippen LogP contribution in [0.5, 0.6) is 0 Å². The number of sulfone groups is 1. The van der Waals surface area contributed by atoms with Crippen LogP contribution < -0.4 is 10.6 Å². The lowest BCUT2D eigenvalue weighted by Crippen LogP contribution is -2.45. The first-order valence-electron chi connectivity index (χ1n) is 6.79. The molecule has 0 bridgehead atoms. The van der Waals surface area contributed by atoms with E-state index in [9.17, 15) is 8.42 Å². The number of nitrogens with two attached hydrogens (primary N) is 1. The highest BCUT2D eigenvalue weighted by Crippen LogP contribution is 2.43. The maximum absolute atomic E-state index is 12.5. The average molecular weight is 317 g/mol. The Labute approximate surface area is 123 Å². The van der Waals surface area contributed by atoms with E-state index in [1.54, 1.807) is 0 Å². The molecule has 8 heteroatoms. The Morgan fingerprint density at radius 2 is 1.90 bits per heavy atom. The summed E-state index contributed by atoms with van der Waals surface area (Å²) in [6.07, 6.45) is 1.59. The highest BCUT2D eigenvalue weighted by Gasteiger charge is 2.42. The van der Waals surface area contributed by atoms with Crippen LogP contribution in [0, 0.1) is 0 Å². The van der Waals surface area contributed by atoms with Crippen LogP contribution in [0.4, 0.5) is 10.8 Å². The molecule has 3 rings (SSSR count). The standard InChI is InChI=1S/C12H19N3O3S2/c1-7-5-15(6-8(2)18-7)12-10(11(13)14-19-12)20(16,17)9-3-4-9/h7-9H,3-6H2,1-2H3,(H2,13,14)/t7-,8+.